The molecule has 0 radical (unpaired) electrons. The van der Waals surface area contributed by atoms with Crippen molar-refractivity contribution >= 4 is 49.8 Å². The van der Waals surface area contributed by atoms with Crippen LogP contribution in [0.15, 0.2) is 46.7 Å². The van der Waals surface area contributed by atoms with Crippen LogP contribution in [0.3, 0.4) is 0 Å². The van der Waals surface area contributed by atoms with E-state index < -0.39 is 17.7 Å². The number of methoxy groups -OCH3 is 1. The molecule has 3 heterocycles. The standard InChI is InChI=1S/C20H15BrN4O5S/c1-9-23-24-20(31-9)25-15(11-7-12(21)17(27)13(8-11)30-2)14(18(28)19(25)29)16(26)10-3-5-22-6-4-10/h3-8,15,26-27H,1-2H3. The van der Waals surface area contributed by atoms with E-state index >= 15 is 0 Å². The summed E-state index contributed by atoms with van der Waals surface area (Å²) in [4.78, 5) is 31.2. The summed E-state index contributed by atoms with van der Waals surface area (Å²) in [6.07, 6.45) is 2.93. The number of aliphatic hydroxyl groups is 1. The number of pyridine rings is 1. The molecule has 1 amide bonds. The Morgan fingerprint density at radius 3 is 2.55 bits per heavy atom. The maximum Gasteiger partial charge on any atom is 0.301 e. The van der Waals surface area contributed by atoms with Crippen LogP contribution in [-0.4, -0.2) is 44.2 Å². The van der Waals surface area contributed by atoms with Gasteiger partial charge in [0, 0.05) is 18.0 Å². The van der Waals surface area contributed by atoms with E-state index in [1.165, 1.54) is 42.6 Å². The van der Waals surface area contributed by atoms with E-state index in [0.29, 0.717) is 20.6 Å². The fraction of sp³-hybridized carbons (Fsp3) is 0.150. The van der Waals surface area contributed by atoms with Gasteiger partial charge in [0.2, 0.25) is 5.13 Å². The average molecular weight is 503 g/mol. The van der Waals surface area contributed by atoms with Gasteiger partial charge in [-0.15, -0.1) is 10.2 Å². The summed E-state index contributed by atoms with van der Waals surface area (Å²) in [5.41, 5.74) is 0.629. The smallest absolute Gasteiger partial charge is 0.301 e. The van der Waals surface area contributed by atoms with Crippen LogP contribution in [0.25, 0.3) is 5.76 Å². The number of rotatable bonds is 4. The largest absolute Gasteiger partial charge is 0.507 e. The van der Waals surface area contributed by atoms with Crippen LogP contribution in [0.4, 0.5) is 5.13 Å². The Labute approximate surface area is 188 Å². The maximum atomic E-state index is 13.0. The molecule has 2 aromatic heterocycles. The molecule has 0 bridgehead atoms. The molecule has 1 atom stereocenters. The molecular formula is C20H15BrN4O5S. The minimum absolute atomic E-state index is 0.122. The maximum absolute atomic E-state index is 13.0. The van der Waals surface area contributed by atoms with Crippen molar-refractivity contribution in [2.45, 2.75) is 13.0 Å². The third-order valence-electron chi connectivity index (χ3n) is 4.71. The molecule has 1 aliphatic heterocycles. The number of aryl methyl sites for hydroxylation is 1. The summed E-state index contributed by atoms with van der Waals surface area (Å²) < 4.78 is 5.52. The molecule has 158 valence electrons. The lowest BCUT2D eigenvalue weighted by atomic mass is 9.95. The van der Waals surface area contributed by atoms with Crippen molar-refractivity contribution in [2.24, 2.45) is 0 Å². The van der Waals surface area contributed by atoms with E-state index in [-0.39, 0.29) is 28.0 Å². The monoisotopic (exact) mass is 502 g/mol. The molecule has 3 aromatic rings. The molecule has 4 rings (SSSR count). The van der Waals surface area contributed by atoms with E-state index in [9.17, 15) is 19.8 Å². The molecule has 11 heteroatoms. The summed E-state index contributed by atoms with van der Waals surface area (Å²) >= 11 is 4.41. The Balaban J connectivity index is 2.00. The van der Waals surface area contributed by atoms with Crippen molar-refractivity contribution in [3.63, 3.8) is 0 Å². The van der Waals surface area contributed by atoms with Gasteiger partial charge in [0.15, 0.2) is 11.5 Å². The van der Waals surface area contributed by atoms with Gasteiger partial charge in [-0.1, -0.05) is 11.3 Å². The van der Waals surface area contributed by atoms with Crippen LogP contribution in [0, 0.1) is 6.92 Å². The van der Waals surface area contributed by atoms with Crippen LogP contribution in [0.1, 0.15) is 22.2 Å². The number of halogens is 1. The first kappa shape index (κ1) is 20.9. The SMILES string of the molecule is COc1cc(C2C(=C(O)c3ccncc3)C(=O)C(=O)N2c2nnc(C)s2)cc(Br)c1O. The number of ether oxygens (including phenoxy) is 1. The van der Waals surface area contributed by atoms with Crippen LogP contribution in [0.5, 0.6) is 11.5 Å². The summed E-state index contributed by atoms with van der Waals surface area (Å²) in [5.74, 6) is -2.07. The predicted molar refractivity (Wildman–Crippen MR) is 116 cm³/mol. The number of carbonyl (C=O) groups excluding carboxylic acids is 2. The van der Waals surface area contributed by atoms with Gasteiger partial charge >= 0.3 is 5.91 Å². The zero-order valence-corrected chi connectivity index (χ0v) is 18.6. The predicted octanol–water partition coefficient (Wildman–Crippen LogP) is 3.34. The van der Waals surface area contributed by atoms with Crippen LogP contribution >= 0.6 is 27.3 Å². The van der Waals surface area contributed by atoms with Crippen molar-refractivity contribution in [3.05, 3.63) is 62.8 Å². The highest BCUT2D eigenvalue weighted by molar-refractivity contribution is 9.10. The number of carbonyl (C=O) groups is 2. The number of amides is 1. The molecule has 1 fully saturated rings. The first-order chi connectivity index (χ1) is 14.8. The molecule has 2 N–H and O–H groups in total. The van der Waals surface area contributed by atoms with Crippen molar-refractivity contribution in [1.82, 2.24) is 15.2 Å². The highest BCUT2D eigenvalue weighted by Crippen LogP contribution is 2.46. The Morgan fingerprint density at radius 2 is 1.94 bits per heavy atom. The number of hydrogen-bond donors (Lipinski definition) is 2. The van der Waals surface area contributed by atoms with Crippen LogP contribution in [-0.2, 0) is 9.59 Å². The van der Waals surface area contributed by atoms with Crippen molar-refractivity contribution < 1.29 is 24.5 Å². The van der Waals surface area contributed by atoms with Gasteiger partial charge in [-0.25, -0.2) is 0 Å². The van der Waals surface area contributed by atoms with Gasteiger partial charge in [-0.2, -0.15) is 0 Å². The molecule has 9 nitrogen and oxygen atoms in total. The number of phenolic OH excluding ortho intramolecular Hbond substituents is 1. The second kappa shape index (κ2) is 8.08. The third kappa shape index (κ3) is 3.55. The number of aromatic hydroxyl groups is 1. The molecule has 1 saturated heterocycles. The lowest BCUT2D eigenvalue weighted by Gasteiger charge is -2.23. The zero-order chi connectivity index (χ0) is 22.3. The normalized spacial score (nSPS) is 17.9. The molecule has 0 saturated carbocycles. The molecular weight excluding hydrogens is 488 g/mol. The number of phenols is 1. The van der Waals surface area contributed by atoms with Gasteiger partial charge in [-0.3, -0.25) is 19.5 Å². The number of ketones is 1. The Kier molecular flexibility index (Phi) is 5.46. The van der Waals surface area contributed by atoms with Gasteiger partial charge in [0.1, 0.15) is 10.8 Å². The van der Waals surface area contributed by atoms with Gasteiger partial charge < -0.3 is 14.9 Å². The second-order valence-corrected chi connectivity index (χ2v) is 8.58. The number of nitrogens with zero attached hydrogens (tertiary/aromatic N) is 4. The summed E-state index contributed by atoms with van der Waals surface area (Å²) in [6.45, 7) is 1.73. The van der Waals surface area contributed by atoms with Gasteiger partial charge in [-0.05, 0) is 52.7 Å². The Morgan fingerprint density at radius 1 is 1.23 bits per heavy atom. The summed E-state index contributed by atoms with van der Waals surface area (Å²) in [7, 11) is 1.38. The fourth-order valence-corrected chi connectivity index (χ4v) is 4.48. The van der Waals surface area contributed by atoms with Crippen LogP contribution in [0.2, 0.25) is 0 Å². The van der Waals surface area contributed by atoms with Crippen LogP contribution < -0.4 is 9.64 Å². The molecule has 1 aliphatic rings. The van der Waals surface area contributed by atoms with Crippen molar-refractivity contribution in [3.8, 4) is 11.5 Å². The highest BCUT2D eigenvalue weighted by atomic mass is 79.9. The van der Waals surface area contributed by atoms with Crippen molar-refractivity contribution in [2.75, 3.05) is 12.0 Å². The quantitative estimate of drug-likeness (QED) is 0.316. The molecule has 0 aliphatic carbocycles. The lowest BCUT2D eigenvalue weighted by Crippen LogP contribution is -2.29. The highest BCUT2D eigenvalue weighted by Gasteiger charge is 2.48. The number of anilines is 1. The summed E-state index contributed by atoms with van der Waals surface area (Å²) in [6, 6.07) is 5.09. The lowest BCUT2D eigenvalue weighted by molar-refractivity contribution is -0.132. The minimum atomic E-state index is -1.02. The molecule has 1 unspecified atom stereocenters. The zero-order valence-electron chi connectivity index (χ0n) is 16.2. The second-order valence-electron chi connectivity index (χ2n) is 6.56. The minimum Gasteiger partial charge on any atom is -0.507 e. The topological polar surface area (TPSA) is 126 Å². The van der Waals surface area contributed by atoms with E-state index in [0.717, 1.165) is 11.3 Å². The summed E-state index contributed by atoms with van der Waals surface area (Å²) in [5, 5.41) is 30.0. The van der Waals surface area contributed by atoms with Gasteiger partial charge in [0.25, 0.3) is 5.78 Å². The Bertz CT molecular complexity index is 1230. The van der Waals surface area contributed by atoms with Crippen molar-refractivity contribution in [1.29, 1.82) is 0 Å². The Hall–Kier alpha value is -3.31. The molecule has 31 heavy (non-hydrogen) atoms. The van der Waals surface area contributed by atoms with E-state index in [1.807, 2.05) is 0 Å². The van der Waals surface area contributed by atoms with E-state index in [1.54, 1.807) is 13.0 Å². The number of Topliss-reactive ketones (excluding diaryl/α,β-unsaturated/α-hetero) is 1. The average Bonchev–Trinajstić information content (AvgIpc) is 3.31. The number of hydrogen-bond acceptors (Lipinski definition) is 9. The fourth-order valence-electron chi connectivity index (χ4n) is 3.30. The first-order valence-electron chi connectivity index (χ1n) is 8.91. The molecule has 0 spiro atoms. The van der Waals surface area contributed by atoms with E-state index in [4.69, 9.17) is 4.74 Å². The number of aliphatic hydroxyl groups excluding tert-OH is 1. The first-order valence-corrected chi connectivity index (χ1v) is 10.5. The van der Waals surface area contributed by atoms with Gasteiger partial charge in [0.05, 0.1) is 23.2 Å². The third-order valence-corrected chi connectivity index (χ3v) is 6.15. The number of benzene rings is 1. The molecule has 1 aromatic carbocycles. The van der Waals surface area contributed by atoms with E-state index in [2.05, 4.69) is 31.1 Å². The number of aromatic nitrogens is 3.